The molecule has 18 heavy (non-hydrogen) atoms. The second-order valence-corrected chi connectivity index (χ2v) is 4.71. The Balaban J connectivity index is 1.71. The van der Waals surface area contributed by atoms with Gasteiger partial charge in [0.05, 0.1) is 6.04 Å². The van der Waals surface area contributed by atoms with E-state index >= 15 is 0 Å². The molecule has 0 spiro atoms. The summed E-state index contributed by atoms with van der Waals surface area (Å²) in [6.07, 6.45) is 4.02. The van der Waals surface area contributed by atoms with E-state index in [0.29, 0.717) is 6.54 Å². The van der Waals surface area contributed by atoms with Gasteiger partial charge in [0.2, 0.25) is 5.91 Å². The number of piperidine rings is 1. The van der Waals surface area contributed by atoms with E-state index in [0.717, 1.165) is 37.8 Å². The van der Waals surface area contributed by atoms with Gasteiger partial charge >= 0.3 is 0 Å². The first-order valence-electron chi connectivity index (χ1n) is 6.55. The molecule has 1 saturated heterocycles. The van der Waals surface area contributed by atoms with Crippen molar-refractivity contribution in [3.63, 3.8) is 0 Å². The standard InChI is InChI=1S/C14H20N2O2/c17-12-6-4-11(5-7-12)8-10-16-14(18)13-3-1-2-9-15-13/h4-7,13,15,17H,1-3,8-10H2,(H,16,18). The summed E-state index contributed by atoms with van der Waals surface area (Å²) in [4.78, 5) is 11.8. The Labute approximate surface area is 107 Å². The molecule has 4 nitrogen and oxygen atoms in total. The van der Waals surface area contributed by atoms with E-state index in [1.165, 1.54) is 0 Å². The van der Waals surface area contributed by atoms with Crippen molar-refractivity contribution < 1.29 is 9.90 Å². The summed E-state index contributed by atoms with van der Waals surface area (Å²) in [6, 6.07) is 7.07. The van der Waals surface area contributed by atoms with E-state index in [-0.39, 0.29) is 17.7 Å². The lowest BCUT2D eigenvalue weighted by atomic mass is 10.0. The first-order valence-corrected chi connectivity index (χ1v) is 6.55. The van der Waals surface area contributed by atoms with Gasteiger partial charge in [0.15, 0.2) is 0 Å². The van der Waals surface area contributed by atoms with Crippen LogP contribution in [0.4, 0.5) is 0 Å². The maximum absolute atomic E-state index is 11.8. The van der Waals surface area contributed by atoms with Crippen molar-refractivity contribution >= 4 is 5.91 Å². The molecule has 0 bridgehead atoms. The lowest BCUT2D eigenvalue weighted by Crippen LogP contribution is -2.47. The van der Waals surface area contributed by atoms with Crippen molar-refractivity contribution in [3.05, 3.63) is 29.8 Å². The van der Waals surface area contributed by atoms with E-state index in [2.05, 4.69) is 10.6 Å². The van der Waals surface area contributed by atoms with Gasteiger partial charge in [0.1, 0.15) is 5.75 Å². The molecule has 4 heteroatoms. The average Bonchev–Trinajstić information content (AvgIpc) is 2.42. The van der Waals surface area contributed by atoms with Crippen LogP contribution in [0.25, 0.3) is 0 Å². The maximum atomic E-state index is 11.8. The fourth-order valence-electron chi connectivity index (χ4n) is 2.19. The van der Waals surface area contributed by atoms with Gasteiger partial charge in [0.25, 0.3) is 0 Å². The van der Waals surface area contributed by atoms with Crippen LogP contribution < -0.4 is 10.6 Å². The Bertz CT molecular complexity index is 383. The number of phenols is 1. The lowest BCUT2D eigenvalue weighted by Gasteiger charge is -2.22. The number of carbonyl (C=O) groups is 1. The van der Waals surface area contributed by atoms with Crippen LogP contribution in [0, 0.1) is 0 Å². The van der Waals surface area contributed by atoms with E-state index in [1.807, 2.05) is 12.1 Å². The minimum absolute atomic E-state index is 0.0152. The number of nitrogens with one attached hydrogen (secondary N) is 2. The van der Waals surface area contributed by atoms with Gasteiger partial charge in [-0.15, -0.1) is 0 Å². The molecule has 2 rings (SSSR count). The van der Waals surface area contributed by atoms with Crippen LogP contribution in [0.3, 0.4) is 0 Å². The topological polar surface area (TPSA) is 61.4 Å². The number of amides is 1. The largest absolute Gasteiger partial charge is 0.508 e. The van der Waals surface area contributed by atoms with Crippen LogP contribution in [-0.2, 0) is 11.2 Å². The molecule has 98 valence electrons. The number of phenolic OH excluding ortho intramolecular Hbond substituents is 1. The molecule has 0 aliphatic carbocycles. The van der Waals surface area contributed by atoms with Crippen molar-refractivity contribution in [2.45, 2.75) is 31.7 Å². The zero-order valence-corrected chi connectivity index (χ0v) is 10.5. The molecule has 1 amide bonds. The zero-order valence-electron chi connectivity index (χ0n) is 10.5. The zero-order chi connectivity index (χ0) is 12.8. The maximum Gasteiger partial charge on any atom is 0.237 e. The van der Waals surface area contributed by atoms with Crippen LogP contribution in [0.5, 0.6) is 5.75 Å². The molecule has 0 radical (unpaired) electrons. The summed E-state index contributed by atoms with van der Waals surface area (Å²) in [5.41, 5.74) is 1.12. The normalized spacial score (nSPS) is 19.4. The SMILES string of the molecule is O=C(NCCc1ccc(O)cc1)C1CCCCN1. The highest BCUT2D eigenvalue weighted by atomic mass is 16.3. The molecule has 0 saturated carbocycles. The molecule has 1 unspecified atom stereocenters. The van der Waals surface area contributed by atoms with Gasteiger partial charge < -0.3 is 15.7 Å². The van der Waals surface area contributed by atoms with Gasteiger partial charge in [-0.3, -0.25) is 4.79 Å². The molecule has 1 aliphatic heterocycles. The second kappa shape index (κ2) is 6.40. The second-order valence-electron chi connectivity index (χ2n) is 4.71. The Hall–Kier alpha value is -1.55. The number of carbonyl (C=O) groups excluding carboxylic acids is 1. The van der Waals surface area contributed by atoms with Gasteiger partial charge in [-0.2, -0.15) is 0 Å². The smallest absolute Gasteiger partial charge is 0.237 e. The minimum atomic E-state index is -0.0152. The first-order chi connectivity index (χ1) is 8.75. The van der Waals surface area contributed by atoms with Gasteiger partial charge in [0, 0.05) is 6.54 Å². The molecular formula is C14H20N2O2. The molecule has 1 aliphatic rings. The summed E-state index contributed by atoms with van der Waals surface area (Å²) in [7, 11) is 0. The first kappa shape index (κ1) is 12.9. The fraction of sp³-hybridized carbons (Fsp3) is 0.500. The molecule has 0 aromatic heterocycles. The van der Waals surface area contributed by atoms with E-state index in [1.54, 1.807) is 12.1 Å². The quantitative estimate of drug-likeness (QED) is 0.750. The lowest BCUT2D eigenvalue weighted by molar-refractivity contribution is -0.123. The third-order valence-corrected chi connectivity index (χ3v) is 3.28. The fourth-order valence-corrected chi connectivity index (χ4v) is 2.19. The van der Waals surface area contributed by atoms with Crippen molar-refractivity contribution in [1.82, 2.24) is 10.6 Å². The van der Waals surface area contributed by atoms with Crippen molar-refractivity contribution in [2.75, 3.05) is 13.1 Å². The summed E-state index contributed by atoms with van der Waals surface area (Å²) >= 11 is 0. The summed E-state index contributed by atoms with van der Waals surface area (Å²) in [6.45, 7) is 1.58. The van der Waals surface area contributed by atoms with Crippen molar-refractivity contribution in [1.29, 1.82) is 0 Å². The number of rotatable bonds is 4. The molecule has 1 aromatic carbocycles. The number of hydrogen-bond acceptors (Lipinski definition) is 3. The summed E-state index contributed by atoms with van der Waals surface area (Å²) in [5, 5.41) is 15.3. The van der Waals surface area contributed by atoms with Crippen LogP contribution in [0.1, 0.15) is 24.8 Å². The van der Waals surface area contributed by atoms with Crippen LogP contribution in [0.2, 0.25) is 0 Å². The van der Waals surface area contributed by atoms with Crippen LogP contribution in [0.15, 0.2) is 24.3 Å². The van der Waals surface area contributed by atoms with E-state index in [4.69, 9.17) is 5.11 Å². The highest BCUT2D eigenvalue weighted by Gasteiger charge is 2.19. The van der Waals surface area contributed by atoms with Crippen molar-refractivity contribution in [2.24, 2.45) is 0 Å². The Morgan fingerprint density at radius 1 is 1.33 bits per heavy atom. The third-order valence-electron chi connectivity index (χ3n) is 3.28. The third kappa shape index (κ3) is 3.74. The van der Waals surface area contributed by atoms with Gasteiger partial charge in [-0.25, -0.2) is 0 Å². The Kier molecular flexibility index (Phi) is 4.59. The predicted octanol–water partition coefficient (Wildman–Crippen LogP) is 1.19. The highest BCUT2D eigenvalue weighted by molar-refractivity contribution is 5.81. The molecule has 1 fully saturated rings. The Morgan fingerprint density at radius 3 is 2.78 bits per heavy atom. The number of benzene rings is 1. The van der Waals surface area contributed by atoms with E-state index in [9.17, 15) is 4.79 Å². The molecule has 3 N–H and O–H groups in total. The minimum Gasteiger partial charge on any atom is -0.508 e. The van der Waals surface area contributed by atoms with Crippen molar-refractivity contribution in [3.8, 4) is 5.75 Å². The molecule has 1 heterocycles. The molecule has 1 aromatic rings. The van der Waals surface area contributed by atoms with Crippen LogP contribution >= 0.6 is 0 Å². The summed E-state index contributed by atoms with van der Waals surface area (Å²) in [5.74, 6) is 0.377. The average molecular weight is 248 g/mol. The van der Waals surface area contributed by atoms with E-state index < -0.39 is 0 Å². The molecular weight excluding hydrogens is 228 g/mol. The molecule has 1 atom stereocenters. The monoisotopic (exact) mass is 248 g/mol. The predicted molar refractivity (Wildman–Crippen MR) is 70.5 cm³/mol. The van der Waals surface area contributed by atoms with Crippen LogP contribution in [-0.4, -0.2) is 30.1 Å². The van der Waals surface area contributed by atoms with Gasteiger partial charge in [-0.1, -0.05) is 18.6 Å². The number of aromatic hydroxyl groups is 1. The highest BCUT2D eigenvalue weighted by Crippen LogP contribution is 2.10. The van der Waals surface area contributed by atoms with Gasteiger partial charge in [-0.05, 0) is 43.5 Å². The summed E-state index contributed by atoms with van der Waals surface area (Å²) < 4.78 is 0. The number of hydrogen-bond donors (Lipinski definition) is 3. The Morgan fingerprint density at radius 2 is 2.11 bits per heavy atom.